The van der Waals surface area contributed by atoms with Crippen molar-refractivity contribution in [2.24, 2.45) is 0 Å². The Bertz CT molecular complexity index is 864. The zero-order chi connectivity index (χ0) is 33.6. The van der Waals surface area contributed by atoms with E-state index in [1.54, 1.807) is 0 Å². The maximum absolute atomic E-state index is 11.9. The molecule has 0 spiro atoms. The minimum absolute atomic E-state index is 0.141. The Balaban J connectivity index is 3.60. The van der Waals surface area contributed by atoms with Crippen molar-refractivity contribution in [2.45, 2.75) is 161 Å². The summed E-state index contributed by atoms with van der Waals surface area (Å²) in [5.41, 5.74) is 0. The molecule has 0 aliphatic heterocycles. The highest BCUT2D eigenvalue weighted by molar-refractivity contribution is 5.70. The summed E-state index contributed by atoms with van der Waals surface area (Å²) in [7, 11) is 0. The van der Waals surface area contributed by atoms with Crippen molar-refractivity contribution in [1.29, 1.82) is 0 Å². The normalized spacial score (nSPS) is 13.0. The Labute approximate surface area is 283 Å². The molecule has 0 amide bonds. The van der Waals surface area contributed by atoms with Gasteiger partial charge in [0.2, 0.25) is 0 Å². The molecule has 0 radical (unpaired) electrons. The Morgan fingerprint density at radius 1 is 0.478 bits per heavy atom. The summed E-state index contributed by atoms with van der Waals surface area (Å²) in [5, 5.41) is 9.98. The van der Waals surface area contributed by atoms with E-state index >= 15 is 0 Å². The molecule has 5 nitrogen and oxygen atoms in total. The third-order valence-corrected chi connectivity index (χ3v) is 7.47. The molecule has 0 saturated heterocycles. The summed E-state index contributed by atoms with van der Waals surface area (Å²) < 4.78 is 10.2. The highest BCUT2D eigenvalue weighted by atomic mass is 16.6. The Kier molecular flexibility index (Phi) is 34.7. The monoisotopic (exact) mass is 641 g/mol. The lowest BCUT2D eigenvalue weighted by atomic mass is 10.0. The highest BCUT2D eigenvalue weighted by Gasteiger charge is 2.11. The van der Waals surface area contributed by atoms with Gasteiger partial charge in [-0.15, -0.1) is 0 Å². The molecule has 1 atom stereocenters. The fourth-order valence-electron chi connectivity index (χ4n) is 4.70. The highest BCUT2D eigenvalue weighted by Crippen LogP contribution is 2.13. The number of esters is 2. The minimum atomic E-state index is -0.995. The van der Waals surface area contributed by atoms with Crippen molar-refractivity contribution < 1.29 is 24.2 Å². The third kappa shape index (κ3) is 35.8. The van der Waals surface area contributed by atoms with E-state index < -0.39 is 6.10 Å². The van der Waals surface area contributed by atoms with Crippen LogP contribution in [0.5, 0.6) is 0 Å². The van der Waals surface area contributed by atoms with Gasteiger partial charge in [0.05, 0.1) is 0 Å². The van der Waals surface area contributed by atoms with Crippen molar-refractivity contribution in [3.63, 3.8) is 0 Å². The average Bonchev–Trinajstić information content (AvgIpc) is 3.06. The van der Waals surface area contributed by atoms with Gasteiger partial charge in [-0.3, -0.25) is 9.59 Å². The van der Waals surface area contributed by atoms with Gasteiger partial charge in [0, 0.05) is 12.8 Å². The second kappa shape index (κ2) is 36.8. The van der Waals surface area contributed by atoms with Gasteiger partial charge in [0.1, 0.15) is 19.3 Å². The van der Waals surface area contributed by atoms with Crippen molar-refractivity contribution in [2.75, 3.05) is 13.2 Å². The smallest absolute Gasteiger partial charge is 0.306 e. The summed E-state index contributed by atoms with van der Waals surface area (Å²) in [5.74, 6) is -0.664. The van der Waals surface area contributed by atoms with Crippen LogP contribution < -0.4 is 0 Å². The van der Waals surface area contributed by atoms with Crippen LogP contribution in [0, 0.1) is 0 Å². The van der Waals surface area contributed by atoms with Crippen LogP contribution in [0.3, 0.4) is 0 Å². The molecule has 0 aliphatic carbocycles. The molecule has 0 unspecified atom stereocenters. The number of ether oxygens (including phenoxy) is 2. The van der Waals surface area contributed by atoms with E-state index in [9.17, 15) is 14.7 Å². The van der Waals surface area contributed by atoms with Crippen molar-refractivity contribution in [3.05, 3.63) is 72.9 Å². The van der Waals surface area contributed by atoms with Gasteiger partial charge in [0.25, 0.3) is 0 Å². The summed E-state index contributed by atoms with van der Waals surface area (Å²) in [6.07, 6.45) is 48.2. The topological polar surface area (TPSA) is 72.8 Å². The van der Waals surface area contributed by atoms with Gasteiger partial charge in [-0.1, -0.05) is 164 Å². The lowest BCUT2D eigenvalue weighted by Crippen LogP contribution is -2.25. The number of rotatable bonds is 32. The van der Waals surface area contributed by atoms with E-state index in [2.05, 4.69) is 74.6 Å². The number of aliphatic hydroxyl groups excluding tert-OH is 1. The fourth-order valence-corrected chi connectivity index (χ4v) is 4.70. The molecule has 0 heterocycles. The van der Waals surface area contributed by atoms with Gasteiger partial charge < -0.3 is 14.6 Å². The van der Waals surface area contributed by atoms with Crippen molar-refractivity contribution in [1.82, 2.24) is 0 Å². The van der Waals surface area contributed by atoms with Crippen LogP contribution in [0.4, 0.5) is 0 Å². The van der Waals surface area contributed by atoms with E-state index in [1.807, 2.05) is 12.2 Å². The van der Waals surface area contributed by atoms with Gasteiger partial charge >= 0.3 is 11.9 Å². The van der Waals surface area contributed by atoms with E-state index in [0.717, 1.165) is 57.8 Å². The van der Waals surface area contributed by atoms with Crippen LogP contribution in [0.1, 0.15) is 155 Å². The number of unbranched alkanes of at least 4 members (excludes halogenated alkanes) is 12. The molecule has 0 aromatic heterocycles. The molecule has 1 N–H and O–H groups in total. The van der Waals surface area contributed by atoms with Crippen LogP contribution in [0.15, 0.2) is 72.9 Å². The van der Waals surface area contributed by atoms with Gasteiger partial charge in [0.15, 0.2) is 0 Å². The number of allylic oxidation sites excluding steroid dienone is 12. The Hall–Kier alpha value is -2.66. The van der Waals surface area contributed by atoms with Crippen LogP contribution in [0.25, 0.3) is 0 Å². The predicted octanol–water partition coefficient (Wildman–Crippen LogP) is 11.4. The van der Waals surface area contributed by atoms with Gasteiger partial charge in [-0.2, -0.15) is 0 Å². The molecule has 0 saturated carbocycles. The van der Waals surface area contributed by atoms with Crippen LogP contribution in [-0.2, 0) is 19.1 Å². The molecule has 0 rings (SSSR count). The average molecular weight is 641 g/mol. The number of hydrogen-bond donors (Lipinski definition) is 1. The number of aliphatic hydroxyl groups is 1. The van der Waals surface area contributed by atoms with Crippen LogP contribution in [-0.4, -0.2) is 36.4 Å². The lowest BCUT2D eigenvalue weighted by molar-refractivity contribution is -0.152. The van der Waals surface area contributed by atoms with Crippen LogP contribution >= 0.6 is 0 Å². The first-order valence-corrected chi connectivity index (χ1v) is 18.5. The molecule has 0 aliphatic rings. The number of carbonyl (C=O) groups is 2. The number of carbonyl (C=O) groups excluding carboxylic acids is 2. The minimum Gasteiger partial charge on any atom is -0.463 e. The maximum atomic E-state index is 11.9. The molecule has 46 heavy (non-hydrogen) atoms. The molecule has 0 aromatic carbocycles. The molecular formula is C41H68O5. The Morgan fingerprint density at radius 2 is 0.826 bits per heavy atom. The first-order valence-electron chi connectivity index (χ1n) is 18.5. The standard InChI is InChI=1S/C41H68O5/c1-3-5-7-9-11-13-15-17-18-19-20-21-22-24-26-28-30-32-34-36-41(44)46-38-39(42)37-45-40(43)35-33-31-29-27-25-23-16-14-12-10-8-6-4-2/h5,7,11,13,17-18,20-21,24,26,30,32,39,42H,3-4,6,8-10,12,14-16,19,22-23,25,27-29,31,33-38H2,1-2H3/b7-5-,13-11-,18-17-,21-20-,26-24-,32-30-/t39-/m1/s1. The summed E-state index contributed by atoms with van der Waals surface area (Å²) in [6.45, 7) is 4.10. The second-order valence-electron chi connectivity index (χ2n) is 12.0. The molecule has 0 bridgehead atoms. The fraction of sp³-hybridized carbons (Fsp3) is 0.659. The summed E-state index contributed by atoms with van der Waals surface area (Å²) in [4.78, 5) is 23.8. The first-order chi connectivity index (χ1) is 22.6. The molecule has 0 aromatic rings. The zero-order valence-corrected chi connectivity index (χ0v) is 29.6. The van der Waals surface area contributed by atoms with Crippen LogP contribution in [0.2, 0.25) is 0 Å². The maximum Gasteiger partial charge on any atom is 0.306 e. The second-order valence-corrected chi connectivity index (χ2v) is 12.0. The quantitative estimate of drug-likeness (QED) is 0.0450. The van der Waals surface area contributed by atoms with Crippen molar-refractivity contribution >= 4 is 11.9 Å². The lowest BCUT2D eigenvalue weighted by Gasteiger charge is -2.12. The molecule has 0 fully saturated rings. The molecule has 262 valence electrons. The van der Waals surface area contributed by atoms with E-state index in [4.69, 9.17) is 9.47 Å². The predicted molar refractivity (Wildman–Crippen MR) is 196 cm³/mol. The first kappa shape index (κ1) is 43.3. The van der Waals surface area contributed by atoms with E-state index in [0.29, 0.717) is 12.8 Å². The third-order valence-electron chi connectivity index (χ3n) is 7.47. The van der Waals surface area contributed by atoms with Crippen molar-refractivity contribution in [3.8, 4) is 0 Å². The van der Waals surface area contributed by atoms with E-state index in [-0.39, 0.29) is 31.6 Å². The zero-order valence-electron chi connectivity index (χ0n) is 29.6. The molecule has 5 heteroatoms. The van der Waals surface area contributed by atoms with Gasteiger partial charge in [-0.25, -0.2) is 0 Å². The largest absolute Gasteiger partial charge is 0.463 e. The number of hydrogen-bond acceptors (Lipinski definition) is 5. The van der Waals surface area contributed by atoms with E-state index in [1.165, 1.54) is 64.2 Å². The summed E-state index contributed by atoms with van der Waals surface area (Å²) >= 11 is 0. The van der Waals surface area contributed by atoms with Gasteiger partial charge in [-0.05, 0) is 51.4 Å². The summed E-state index contributed by atoms with van der Waals surface area (Å²) in [6, 6.07) is 0. The Morgan fingerprint density at radius 3 is 1.24 bits per heavy atom. The SMILES string of the molecule is CC/C=C\C/C=C\C/C=C\C/C=C\C/C=C\C/C=C\CCC(=O)OC[C@H](O)COC(=O)CCCCCCCCCCCCCCC. The molecular weight excluding hydrogens is 572 g/mol.